The van der Waals surface area contributed by atoms with E-state index in [-0.39, 0.29) is 0 Å². The third kappa shape index (κ3) is 2.72. The molecule has 0 aliphatic rings. The number of nitriles is 1. The van der Waals surface area contributed by atoms with Crippen molar-refractivity contribution in [2.24, 2.45) is 0 Å². The molecule has 3 nitrogen and oxygen atoms in total. The summed E-state index contributed by atoms with van der Waals surface area (Å²) in [4.78, 5) is 6.00. The van der Waals surface area contributed by atoms with Crippen LogP contribution in [0.1, 0.15) is 19.0 Å². The molecule has 0 spiro atoms. The van der Waals surface area contributed by atoms with Gasteiger partial charge in [0.2, 0.25) is 0 Å². The molecule has 0 unspecified atom stereocenters. The van der Waals surface area contributed by atoms with Crippen LogP contribution in [0.15, 0.2) is 18.3 Å². The minimum atomic E-state index is 0.432. The molecule has 0 aliphatic carbocycles. The Morgan fingerprint density at radius 2 is 2.40 bits per heavy atom. The van der Waals surface area contributed by atoms with Crippen LogP contribution in [0, 0.1) is 23.7 Å². The molecule has 1 aromatic rings. The summed E-state index contributed by atoms with van der Waals surface area (Å²) in [6.45, 7) is 3.42. The molecule has 76 valence electrons. The maximum Gasteiger partial charge on any atom is 0.163 e. The highest BCUT2D eigenvalue weighted by atomic mass is 15.1. The Kier molecular flexibility index (Phi) is 4.19. The van der Waals surface area contributed by atoms with Gasteiger partial charge in [-0.05, 0) is 18.6 Å². The third-order valence-electron chi connectivity index (χ3n) is 2.01. The molecular weight excluding hydrogens is 186 g/mol. The van der Waals surface area contributed by atoms with Gasteiger partial charge in [-0.1, -0.05) is 12.8 Å². The van der Waals surface area contributed by atoms with Crippen LogP contribution in [0.5, 0.6) is 0 Å². The Bertz CT molecular complexity index is 398. The molecule has 1 heterocycles. The van der Waals surface area contributed by atoms with Gasteiger partial charge in [0.1, 0.15) is 6.07 Å². The van der Waals surface area contributed by atoms with Crippen LogP contribution in [-0.4, -0.2) is 18.1 Å². The van der Waals surface area contributed by atoms with Crippen molar-refractivity contribution in [1.82, 2.24) is 4.98 Å². The molecule has 15 heavy (non-hydrogen) atoms. The van der Waals surface area contributed by atoms with Gasteiger partial charge in [0.25, 0.3) is 0 Å². The molecule has 3 heteroatoms. The number of terminal acetylenes is 1. The van der Waals surface area contributed by atoms with E-state index in [0.29, 0.717) is 12.2 Å². The van der Waals surface area contributed by atoms with Crippen molar-refractivity contribution in [2.45, 2.75) is 13.3 Å². The molecule has 0 amide bonds. The predicted octanol–water partition coefficient (Wildman–Crippen LogP) is 1.80. The summed E-state index contributed by atoms with van der Waals surface area (Å²) in [6.07, 6.45) is 7.89. The molecule has 0 aromatic carbocycles. The molecule has 1 aromatic heterocycles. The Hall–Kier alpha value is -2.00. The Balaban J connectivity index is 3.01. The number of nitrogens with zero attached hydrogens (tertiary/aromatic N) is 3. The van der Waals surface area contributed by atoms with Gasteiger partial charge in [0, 0.05) is 12.7 Å². The summed E-state index contributed by atoms with van der Waals surface area (Å²) in [7, 11) is 0. The van der Waals surface area contributed by atoms with Crippen LogP contribution in [0.2, 0.25) is 0 Å². The van der Waals surface area contributed by atoms with Gasteiger partial charge in [0.05, 0.1) is 12.2 Å². The number of rotatable bonds is 4. The predicted molar refractivity (Wildman–Crippen MR) is 60.3 cm³/mol. The molecule has 1 rings (SSSR count). The second-order valence-electron chi connectivity index (χ2n) is 3.11. The van der Waals surface area contributed by atoms with Gasteiger partial charge in [-0.25, -0.2) is 4.98 Å². The average Bonchev–Trinajstić information content (AvgIpc) is 2.29. The van der Waals surface area contributed by atoms with E-state index < -0.39 is 0 Å². The normalized spacial score (nSPS) is 9.00. The fourth-order valence-corrected chi connectivity index (χ4v) is 1.40. The molecule has 0 saturated heterocycles. The minimum Gasteiger partial charge on any atom is -0.358 e. The van der Waals surface area contributed by atoms with E-state index in [2.05, 4.69) is 23.9 Å². The smallest absolute Gasteiger partial charge is 0.163 e. The minimum absolute atomic E-state index is 0.432. The van der Waals surface area contributed by atoms with E-state index in [1.165, 1.54) is 0 Å². The highest BCUT2D eigenvalue weighted by molar-refractivity contribution is 5.56. The Labute approximate surface area is 90.4 Å². The van der Waals surface area contributed by atoms with Gasteiger partial charge in [-0.15, -0.1) is 6.42 Å². The quantitative estimate of drug-likeness (QED) is 0.694. The number of hydrogen-bond acceptors (Lipinski definition) is 3. The van der Waals surface area contributed by atoms with Crippen LogP contribution in [-0.2, 0) is 0 Å². The molecule has 0 radical (unpaired) electrons. The fraction of sp³-hybridized carbons (Fsp3) is 0.333. The lowest BCUT2D eigenvalue weighted by Gasteiger charge is -2.21. The van der Waals surface area contributed by atoms with Gasteiger partial charge in [-0.2, -0.15) is 5.26 Å². The lowest BCUT2D eigenvalue weighted by Crippen LogP contribution is -2.25. The fourth-order valence-electron chi connectivity index (χ4n) is 1.40. The SMILES string of the molecule is C#CCN(CCC)c1cccnc1C#N. The summed E-state index contributed by atoms with van der Waals surface area (Å²) in [5.41, 5.74) is 1.25. The molecule has 0 atom stereocenters. The summed E-state index contributed by atoms with van der Waals surface area (Å²) in [5, 5.41) is 8.91. The van der Waals surface area contributed by atoms with Crippen molar-refractivity contribution in [1.29, 1.82) is 5.26 Å². The summed E-state index contributed by atoms with van der Waals surface area (Å²) in [6, 6.07) is 5.76. The van der Waals surface area contributed by atoms with E-state index in [4.69, 9.17) is 11.7 Å². The van der Waals surface area contributed by atoms with Gasteiger partial charge < -0.3 is 4.90 Å². The van der Waals surface area contributed by atoms with Crippen molar-refractivity contribution in [3.63, 3.8) is 0 Å². The van der Waals surface area contributed by atoms with Crippen LogP contribution >= 0.6 is 0 Å². The second kappa shape index (κ2) is 5.67. The van der Waals surface area contributed by atoms with Crippen molar-refractivity contribution in [3.05, 3.63) is 24.0 Å². The van der Waals surface area contributed by atoms with Gasteiger partial charge in [-0.3, -0.25) is 0 Å². The first kappa shape index (κ1) is 11.1. The lowest BCUT2D eigenvalue weighted by atomic mass is 10.2. The van der Waals surface area contributed by atoms with Crippen LogP contribution in [0.25, 0.3) is 0 Å². The largest absolute Gasteiger partial charge is 0.358 e. The maximum atomic E-state index is 8.91. The average molecular weight is 199 g/mol. The maximum absolute atomic E-state index is 8.91. The summed E-state index contributed by atoms with van der Waals surface area (Å²) in [5.74, 6) is 2.59. The molecule has 0 saturated carbocycles. The molecule has 0 fully saturated rings. The third-order valence-corrected chi connectivity index (χ3v) is 2.01. The lowest BCUT2D eigenvalue weighted by molar-refractivity contribution is 0.819. The zero-order chi connectivity index (χ0) is 11.1. The van der Waals surface area contributed by atoms with E-state index in [1.54, 1.807) is 6.20 Å². The Morgan fingerprint density at radius 3 is 3.00 bits per heavy atom. The molecule has 0 bridgehead atoms. The zero-order valence-corrected chi connectivity index (χ0v) is 8.77. The summed E-state index contributed by atoms with van der Waals surface area (Å²) < 4.78 is 0. The zero-order valence-electron chi connectivity index (χ0n) is 8.77. The highest BCUT2D eigenvalue weighted by Gasteiger charge is 2.09. The number of pyridine rings is 1. The highest BCUT2D eigenvalue weighted by Crippen LogP contribution is 2.17. The molecule has 0 aliphatic heterocycles. The van der Waals surface area contributed by atoms with Crippen LogP contribution < -0.4 is 4.90 Å². The van der Waals surface area contributed by atoms with Crippen molar-refractivity contribution < 1.29 is 0 Å². The topological polar surface area (TPSA) is 39.9 Å². The molecule has 0 N–H and O–H groups in total. The van der Waals surface area contributed by atoms with E-state index in [0.717, 1.165) is 18.7 Å². The number of anilines is 1. The van der Waals surface area contributed by atoms with Crippen molar-refractivity contribution in [3.8, 4) is 18.4 Å². The number of aromatic nitrogens is 1. The van der Waals surface area contributed by atoms with Crippen molar-refractivity contribution >= 4 is 5.69 Å². The van der Waals surface area contributed by atoms with E-state index >= 15 is 0 Å². The summed E-state index contributed by atoms with van der Waals surface area (Å²) >= 11 is 0. The van der Waals surface area contributed by atoms with Gasteiger partial charge in [0.15, 0.2) is 5.69 Å². The first-order valence-electron chi connectivity index (χ1n) is 4.87. The first-order chi connectivity index (χ1) is 7.33. The van der Waals surface area contributed by atoms with E-state index in [1.807, 2.05) is 17.0 Å². The Morgan fingerprint density at radius 1 is 1.60 bits per heavy atom. The van der Waals surface area contributed by atoms with Crippen molar-refractivity contribution in [2.75, 3.05) is 18.0 Å². The second-order valence-corrected chi connectivity index (χ2v) is 3.11. The monoisotopic (exact) mass is 199 g/mol. The first-order valence-corrected chi connectivity index (χ1v) is 4.87. The standard InChI is InChI=1S/C12H13N3/c1-3-8-15(9-4-2)12-6-5-7-14-11(12)10-13/h1,5-7H,4,8-9H2,2H3. The van der Waals surface area contributed by atoms with E-state index in [9.17, 15) is 0 Å². The van der Waals surface area contributed by atoms with Crippen LogP contribution in [0.3, 0.4) is 0 Å². The number of hydrogen-bond donors (Lipinski definition) is 0. The van der Waals surface area contributed by atoms with Gasteiger partial charge >= 0.3 is 0 Å². The van der Waals surface area contributed by atoms with Crippen LogP contribution in [0.4, 0.5) is 5.69 Å². The molecular formula is C12H13N3.